The third-order valence-corrected chi connectivity index (χ3v) is 12.0. The molecule has 3 unspecified atom stereocenters. The van der Waals surface area contributed by atoms with E-state index in [4.69, 9.17) is 13.2 Å². The van der Waals surface area contributed by atoms with Gasteiger partial charge in [-0.15, -0.1) is 0 Å². The molecule has 3 aromatic rings. The average Bonchev–Trinajstić information content (AvgIpc) is 3.68. The minimum atomic E-state index is -0.797. The van der Waals surface area contributed by atoms with Crippen LogP contribution >= 0.6 is 0 Å². The summed E-state index contributed by atoms with van der Waals surface area (Å²) in [6, 6.07) is 9.65. The zero-order valence-corrected chi connectivity index (χ0v) is 29.4. The summed E-state index contributed by atoms with van der Waals surface area (Å²) in [5, 5.41) is 6.81. The Labute approximate surface area is 298 Å². The van der Waals surface area contributed by atoms with Crippen molar-refractivity contribution in [2.45, 2.75) is 70.5 Å². The largest absolute Gasteiger partial charge is 0.495 e. The number of methoxy groups -OCH3 is 1. The second kappa shape index (κ2) is 13.6. The maximum atomic E-state index is 12.6. The van der Waals surface area contributed by atoms with Gasteiger partial charge in [-0.25, -0.2) is 0 Å². The van der Waals surface area contributed by atoms with E-state index in [9.17, 15) is 9.59 Å². The molecule has 3 atom stereocenters. The van der Waals surface area contributed by atoms with Gasteiger partial charge in [0.2, 0.25) is 11.8 Å². The Morgan fingerprint density at radius 3 is 2.54 bits per heavy atom. The number of nitrogens with two attached hydrogens (primary N) is 1. The third-order valence-electron chi connectivity index (χ3n) is 12.0. The van der Waals surface area contributed by atoms with E-state index in [1.807, 2.05) is 36.3 Å². The maximum absolute atomic E-state index is 12.6. The fourth-order valence-corrected chi connectivity index (χ4v) is 9.14. The first-order valence-electron chi connectivity index (χ1n) is 19.5. The van der Waals surface area contributed by atoms with Crippen LogP contribution in [0.3, 0.4) is 0 Å². The summed E-state index contributed by atoms with van der Waals surface area (Å²) >= 11 is 0. The summed E-state index contributed by atoms with van der Waals surface area (Å²) in [7, 11) is 3.61. The third kappa shape index (κ3) is 6.57. The van der Waals surface area contributed by atoms with Crippen molar-refractivity contribution in [2.75, 3.05) is 68.5 Å². The van der Waals surface area contributed by atoms with Gasteiger partial charge in [0.05, 0.1) is 25.0 Å². The van der Waals surface area contributed by atoms with Crippen LogP contribution in [-0.4, -0.2) is 90.4 Å². The molecule has 50 heavy (non-hydrogen) atoms. The molecule has 4 saturated heterocycles. The smallest absolute Gasteiger partial charge is 0.243 e. The number of nitrogens with one attached hydrogen (secondary N) is 1. The predicted molar refractivity (Wildman–Crippen MR) is 196 cm³/mol. The molecule has 1 aromatic heterocycles. The second-order valence-corrected chi connectivity index (χ2v) is 15.3. The number of hydrogen-bond acceptors (Lipinski definition) is 9. The molecule has 6 heterocycles. The molecular weight excluding hydrogens is 628 g/mol. The number of hydrogen-bond donors (Lipinski definition) is 2. The summed E-state index contributed by atoms with van der Waals surface area (Å²) in [6.07, 6.45) is 11.7. The Kier molecular flexibility index (Phi) is 8.33. The second-order valence-electron chi connectivity index (χ2n) is 15.3. The van der Waals surface area contributed by atoms with E-state index >= 15 is 0 Å². The van der Waals surface area contributed by atoms with Crippen molar-refractivity contribution in [1.82, 2.24) is 24.9 Å². The van der Waals surface area contributed by atoms with E-state index in [-0.39, 0.29) is 18.2 Å². The first-order valence-corrected chi connectivity index (χ1v) is 18.4. The van der Waals surface area contributed by atoms with Crippen molar-refractivity contribution in [1.29, 1.82) is 0 Å². The number of aromatic nitrogens is 2. The van der Waals surface area contributed by atoms with Gasteiger partial charge in [-0.05, 0) is 92.1 Å². The number of ether oxygens (including phenoxy) is 1. The zero-order valence-electron chi connectivity index (χ0n) is 31.4. The molecule has 0 radical (unpaired) electrons. The first kappa shape index (κ1) is 30.7. The lowest BCUT2D eigenvalue weighted by Gasteiger charge is -2.49. The molecule has 0 saturated carbocycles. The highest BCUT2D eigenvalue weighted by molar-refractivity contribution is 6.00. The molecule has 8 rings (SSSR count). The van der Waals surface area contributed by atoms with E-state index in [2.05, 4.69) is 43.3 Å². The van der Waals surface area contributed by atoms with Crippen LogP contribution in [0, 0.1) is 11.3 Å². The van der Waals surface area contributed by atoms with Crippen LogP contribution in [0.1, 0.15) is 65.2 Å². The lowest BCUT2D eigenvalue weighted by molar-refractivity contribution is -0.137. The summed E-state index contributed by atoms with van der Waals surface area (Å²) < 4.78 is 25.3. The fourth-order valence-electron chi connectivity index (χ4n) is 9.14. The molecule has 0 aliphatic carbocycles. The minimum Gasteiger partial charge on any atom is -0.495 e. The van der Waals surface area contributed by atoms with Crippen molar-refractivity contribution >= 4 is 28.9 Å². The number of fused-ring (bicyclic) bond motifs is 1. The van der Waals surface area contributed by atoms with Crippen LogP contribution in [0.25, 0.3) is 11.1 Å². The van der Waals surface area contributed by atoms with Gasteiger partial charge in [-0.1, -0.05) is 6.07 Å². The molecule has 0 bridgehead atoms. The number of nitrogen functional groups attached to an aromatic ring is 1. The number of likely N-dealkylation sites (tertiary alicyclic amines) is 1. The number of aryl methyl sites for hydroxylation is 1. The Balaban J connectivity index is 0.868. The molecule has 5 aliphatic heterocycles. The molecule has 1 spiro atoms. The van der Waals surface area contributed by atoms with Crippen molar-refractivity contribution in [2.24, 2.45) is 18.4 Å². The van der Waals surface area contributed by atoms with Crippen LogP contribution in [0.2, 0.25) is 0 Å². The highest BCUT2D eigenvalue weighted by Gasteiger charge is 2.40. The average molecular weight is 683 g/mol. The van der Waals surface area contributed by atoms with Gasteiger partial charge < -0.3 is 25.2 Å². The number of nitrogens with zero attached hydrogens (tertiary/aromatic N) is 6. The topological polar surface area (TPSA) is 112 Å². The van der Waals surface area contributed by atoms with E-state index < -0.39 is 19.1 Å². The van der Waals surface area contributed by atoms with Crippen LogP contribution in [-0.2, 0) is 29.7 Å². The van der Waals surface area contributed by atoms with Crippen molar-refractivity contribution in [3.8, 4) is 16.9 Å². The van der Waals surface area contributed by atoms with E-state index in [0.717, 1.165) is 92.0 Å². The summed E-state index contributed by atoms with van der Waals surface area (Å²) in [4.78, 5) is 33.7. The molecule has 266 valence electrons. The number of carbonyl (C=O) groups is 2. The van der Waals surface area contributed by atoms with Gasteiger partial charge in [0.15, 0.2) is 0 Å². The summed E-state index contributed by atoms with van der Waals surface area (Å²) in [6.45, 7) is 5.91. The van der Waals surface area contributed by atoms with Gasteiger partial charge >= 0.3 is 0 Å². The number of piperidine rings is 4. The number of amides is 2. The monoisotopic (exact) mass is 682 g/mol. The molecule has 3 N–H and O–H groups in total. The van der Waals surface area contributed by atoms with Crippen LogP contribution in [0.15, 0.2) is 42.7 Å². The van der Waals surface area contributed by atoms with E-state index in [0.29, 0.717) is 29.2 Å². The molecular formula is C39H52N8O3. The SMILES string of the molecule is [2H]C1c2ccc(N3CCC4(CCCN(CC5CCN(c6cc(OC)c(N)cc6-c6cnn(C)c6)CC5)C4)CC3)cc2C([2H])N1C1CCC(=O)NC1=O. The Morgan fingerprint density at radius 1 is 1.00 bits per heavy atom. The Morgan fingerprint density at radius 2 is 1.80 bits per heavy atom. The number of imide groups is 1. The van der Waals surface area contributed by atoms with Gasteiger partial charge in [0.25, 0.3) is 0 Å². The molecule has 5 aliphatic rings. The van der Waals surface area contributed by atoms with Gasteiger partial charge in [0, 0.05) is 103 Å². The predicted octanol–water partition coefficient (Wildman–Crippen LogP) is 4.40. The minimum absolute atomic E-state index is 0.245. The number of benzene rings is 2. The van der Waals surface area contributed by atoms with Crippen molar-refractivity contribution in [3.63, 3.8) is 0 Å². The zero-order chi connectivity index (χ0) is 36.1. The maximum Gasteiger partial charge on any atom is 0.243 e. The fraction of sp³-hybridized carbons (Fsp3) is 0.564. The summed E-state index contributed by atoms with van der Waals surface area (Å²) in [5.41, 5.74) is 13.4. The van der Waals surface area contributed by atoms with E-state index in [1.54, 1.807) is 12.0 Å². The summed E-state index contributed by atoms with van der Waals surface area (Å²) in [5.74, 6) is 0.723. The van der Waals surface area contributed by atoms with Crippen LogP contribution < -0.4 is 25.6 Å². The van der Waals surface area contributed by atoms with Gasteiger partial charge in [-0.3, -0.25) is 24.5 Å². The molecule has 2 aromatic carbocycles. The van der Waals surface area contributed by atoms with Gasteiger partial charge in [-0.2, -0.15) is 5.10 Å². The lowest BCUT2D eigenvalue weighted by atomic mass is 9.72. The number of anilines is 3. The van der Waals surface area contributed by atoms with E-state index in [1.165, 1.54) is 25.9 Å². The molecule has 4 fully saturated rings. The lowest BCUT2D eigenvalue weighted by Crippen LogP contribution is -2.51. The molecule has 11 nitrogen and oxygen atoms in total. The first-order chi connectivity index (χ1) is 25.1. The van der Waals surface area contributed by atoms with Crippen molar-refractivity contribution in [3.05, 3.63) is 53.9 Å². The number of carbonyl (C=O) groups excluding carboxylic acids is 2. The van der Waals surface area contributed by atoms with Crippen LogP contribution in [0.5, 0.6) is 5.75 Å². The Bertz CT molecular complexity index is 1820. The quantitative estimate of drug-likeness (QED) is 0.277. The molecule has 2 amide bonds. The molecule has 11 heteroatoms. The normalized spacial score (nSPS) is 26.9. The van der Waals surface area contributed by atoms with Crippen molar-refractivity contribution < 1.29 is 17.1 Å². The van der Waals surface area contributed by atoms with Crippen LogP contribution in [0.4, 0.5) is 17.1 Å². The number of rotatable bonds is 7. The highest BCUT2D eigenvalue weighted by Crippen LogP contribution is 2.43. The van der Waals surface area contributed by atoms with Gasteiger partial charge in [0.1, 0.15) is 5.75 Å². The standard InChI is InChI=1S/C39H52N8O3/c1-43-23-30(21-41-43)32-19-33(40)36(50-2)20-35(32)46-14-8-27(9-15-46)22-44-13-3-10-39(26-44)11-16-45(17-12-39)31-5-4-28-24-47(25-29(28)18-31)34-6-7-37(48)42-38(34)49/h4-5,18-21,23,27,34H,3,6-17,22,24-26,40H2,1-2H3,(H,42,48,49)/i24D,25D. The highest BCUT2D eigenvalue weighted by atomic mass is 16.5. The Hall–Kier alpha value is -4.09.